The number of halogens is 2. The van der Waals surface area contributed by atoms with Gasteiger partial charge in [-0.1, -0.05) is 29.3 Å². The van der Waals surface area contributed by atoms with Gasteiger partial charge in [-0.05, 0) is 52.9 Å². The van der Waals surface area contributed by atoms with E-state index in [0.717, 1.165) is 12.1 Å². The maximum absolute atomic E-state index is 6.03. The van der Waals surface area contributed by atoms with Gasteiger partial charge in [-0.2, -0.15) is 0 Å². The second-order valence-electron chi connectivity index (χ2n) is 4.02. The van der Waals surface area contributed by atoms with E-state index < -0.39 is 0 Å². The van der Waals surface area contributed by atoms with E-state index in [9.17, 15) is 0 Å². The Kier molecular flexibility index (Phi) is 2.13. The van der Waals surface area contributed by atoms with Crippen LogP contribution >= 0.6 is 23.2 Å². The lowest BCUT2D eigenvalue weighted by atomic mass is 10.1. The number of hydrogen-bond donors (Lipinski definition) is 1. The van der Waals surface area contributed by atoms with Crippen molar-refractivity contribution in [2.45, 2.75) is 6.42 Å². The van der Waals surface area contributed by atoms with Crippen LogP contribution in [0.3, 0.4) is 0 Å². The van der Waals surface area contributed by atoms with Gasteiger partial charge in [0.05, 0.1) is 10.0 Å². The number of nitrogens with two attached hydrogens (primary N) is 1. The third kappa shape index (κ3) is 1.40. The summed E-state index contributed by atoms with van der Waals surface area (Å²) >= 11 is 12.0. The average Bonchev–Trinajstić information content (AvgIpc) is 2.55. The summed E-state index contributed by atoms with van der Waals surface area (Å²) in [5, 5.41) is 1.21. The Labute approximate surface area is 104 Å². The molecule has 0 unspecified atom stereocenters. The number of fused-ring (bicyclic) bond motifs is 3. The first-order valence-corrected chi connectivity index (χ1v) is 5.77. The van der Waals surface area contributed by atoms with Crippen LogP contribution in [-0.2, 0) is 6.42 Å². The zero-order valence-corrected chi connectivity index (χ0v) is 9.94. The lowest BCUT2D eigenvalue weighted by molar-refractivity contribution is 1.26. The molecule has 2 aromatic rings. The molecule has 0 heterocycles. The molecule has 0 aromatic heterocycles. The zero-order chi connectivity index (χ0) is 11.3. The minimum absolute atomic E-state index is 0.602. The molecule has 0 amide bonds. The molecule has 0 saturated carbocycles. The van der Waals surface area contributed by atoms with Gasteiger partial charge in [0, 0.05) is 5.69 Å². The summed E-state index contributed by atoms with van der Waals surface area (Å²) in [4.78, 5) is 0. The molecule has 0 saturated heterocycles. The Balaban J connectivity index is 2.25. The van der Waals surface area contributed by atoms with Gasteiger partial charge in [-0.25, -0.2) is 0 Å². The molecule has 0 aliphatic heterocycles. The Hall–Kier alpha value is -1.18. The van der Waals surface area contributed by atoms with E-state index in [0.29, 0.717) is 10.0 Å². The second-order valence-corrected chi connectivity index (χ2v) is 4.83. The summed E-state index contributed by atoms with van der Waals surface area (Å²) < 4.78 is 0. The average molecular weight is 250 g/mol. The van der Waals surface area contributed by atoms with Crippen LogP contribution in [0.25, 0.3) is 11.1 Å². The predicted molar refractivity (Wildman–Crippen MR) is 69.1 cm³/mol. The SMILES string of the molecule is Nc1ccc2c(c1)Cc1cc(Cl)c(Cl)cc1-2. The Morgan fingerprint density at radius 1 is 0.875 bits per heavy atom. The van der Waals surface area contributed by atoms with Gasteiger partial charge >= 0.3 is 0 Å². The minimum atomic E-state index is 0.602. The Morgan fingerprint density at radius 2 is 1.56 bits per heavy atom. The fraction of sp³-hybridized carbons (Fsp3) is 0.0769. The van der Waals surface area contributed by atoms with Crippen LogP contribution in [0.5, 0.6) is 0 Å². The quantitative estimate of drug-likeness (QED) is 0.596. The standard InChI is InChI=1S/C13H9Cl2N/c14-12-5-8-3-7-4-9(16)1-2-10(7)11(8)6-13(12)15/h1-2,4-6H,3,16H2. The molecule has 1 aliphatic rings. The molecule has 3 heteroatoms. The molecular weight excluding hydrogens is 241 g/mol. The molecule has 80 valence electrons. The molecule has 16 heavy (non-hydrogen) atoms. The van der Waals surface area contributed by atoms with Gasteiger partial charge < -0.3 is 5.73 Å². The number of nitrogen functional groups attached to an aromatic ring is 1. The molecular formula is C13H9Cl2N. The molecule has 2 N–H and O–H groups in total. The molecule has 0 bridgehead atoms. The highest BCUT2D eigenvalue weighted by molar-refractivity contribution is 6.42. The van der Waals surface area contributed by atoms with E-state index in [1.54, 1.807) is 0 Å². The van der Waals surface area contributed by atoms with Crippen molar-refractivity contribution in [3.8, 4) is 11.1 Å². The smallest absolute Gasteiger partial charge is 0.0598 e. The van der Waals surface area contributed by atoms with Crippen molar-refractivity contribution < 1.29 is 0 Å². The molecule has 2 aromatic carbocycles. The monoisotopic (exact) mass is 249 g/mol. The van der Waals surface area contributed by atoms with Crippen molar-refractivity contribution in [2.75, 3.05) is 5.73 Å². The van der Waals surface area contributed by atoms with Gasteiger partial charge in [0.15, 0.2) is 0 Å². The summed E-state index contributed by atoms with van der Waals surface area (Å²) in [6, 6.07) is 9.84. The van der Waals surface area contributed by atoms with Gasteiger partial charge in [0.25, 0.3) is 0 Å². The van der Waals surface area contributed by atoms with Crippen LogP contribution in [0.1, 0.15) is 11.1 Å². The van der Waals surface area contributed by atoms with E-state index in [4.69, 9.17) is 28.9 Å². The van der Waals surface area contributed by atoms with Crippen LogP contribution in [-0.4, -0.2) is 0 Å². The molecule has 1 aliphatic carbocycles. The van der Waals surface area contributed by atoms with Crippen LogP contribution < -0.4 is 5.73 Å². The lowest BCUT2D eigenvalue weighted by Gasteiger charge is -2.03. The number of benzene rings is 2. The second kappa shape index (κ2) is 3.41. The van der Waals surface area contributed by atoms with Gasteiger partial charge in [0.2, 0.25) is 0 Å². The maximum atomic E-state index is 6.03. The van der Waals surface area contributed by atoms with Crippen molar-refractivity contribution in [3.05, 3.63) is 51.5 Å². The van der Waals surface area contributed by atoms with Gasteiger partial charge in [-0.15, -0.1) is 0 Å². The maximum Gasteiger partial charge on any atom is 0.0598 e. The normalized spacial score (nSPS) is 12.4. The highest BCUT2D eigenvalue weighted by Crippen LogP contribution is 2.41. The summed E-state index contributed by atoms with van der Waals surface area (Å²) in [5.41, 5.74) is 11.4. The van der Waals surface area contributed by atoms with Gasteiger partial charge in [-0.3, -0.25) is 0 Å². The highest BCUT2D eigenvalue weighted by atomic mass is 35.5. The van der Waals surface area contributed by atoms with Crippen LogP contribution in [0.15, 0.2) is 30.3 Å². The summed E-state index contributed by atoms with van der Waals surface area (Å²) in [6.07, 6.45) is 0.882. The van der Waals surface area contributed by atoms with Crippen molar-refractivity contribution in [1.82, 2.24) is 0 Å². The van der Waals surface area contributed by atoms with Crippen molar-refractivity contribution in [2.24, 2.45) is 0 Å². The van der Waals surface area contributed by atoms with Crippen molar-refractivity contribution in [3.63, 3.8) is 0 Å². The third-order valence-corrected chi connectivity index (χ3v) is 3.67. The van der Waals surface area contributed by atoms with E-state index in [1.165, 1.54) is 22.3 Å². The largest absolute Gasteiger partial charge is 0.399 e. The topological polar surface area (TPSA) is 26.0 Å². The fourth-order valence-electron chi connectivity index (χ4n) is 2.21. The fourth-order valence-corrected chi connectivity index (χ4v) is 2.56. The number of rotatable bonds is 0. The first-order valence-electron chi connectivity index (χ1n) is 5.02. The van der Waals surface area contributed by atoms with E-state index >= 15 is 0 Å². The Morgan fingerprint density at radius 3 is 2.38 bits per heavy atom. The summed E-state index contributed by atoms with van der Waals surface area (Å²) in [5.74, 6) is 0. The minimum Gasteiger partial charge on any atom is -0.399 e. The highest BCUT2D eigenvalue weighted by Gasteiger charge is 2.19. The molecule has 0 spiro atoms. The number of anilines is 1. The molecule has 3 rings (SSSR count). The predicted octanol–water partition coefficient (Wildman–Crippen LogP) is 4.15. The van der Waals surface area contributed by atoms with E-state index in [-0.39, 0.29) is 0 Å². The lowest BCUT2D eigenvalue weighted by Crippen LogP contribution is -1.86. The Bertz CT molecular complexity index is 591. The summed E-state index contributed by atoms with van der Waals surface area (Å²) in [7, 11) is 0. The van der Waals surface area contributed by atoms with Crippen molar-refractivity contribution >= 4 is 28.9 Å². The van der Waals surface area contributed by atoms with E-state index in [2.05, 4.69) is 0 Å². The van der Waals surface area contributed by atoms with Crippen molar-refractivity contribution in [1.29, 1.82) is 0 Å². The molecule has 0 atom stereocenters. The molecule has 0 fully saturated rings. The summed E-state index contributed by atoms with van der Waals surface area (Å²) in [6.45, 7) is 0. The first-order chi connectivity index (χ1) is 7.65. The van der Waals surface area contributed by atoms with Crippen LogP contribution in [0, 0.1) is 0 Å². The van der Waals surface area contributed by atoms with Crippen LogP contribution in [0.4, 0.5) is 5.69 Å². The number of hydrogen-bond acceptors (Lipinski definition) is 1. The van der Waals surface area contributed by atoms with Gasteiger partial charge in [0.1, 0.15) is 0 Å². The first kappa shape index (κ1) is 10.0. The third-order valence-electron chi connectivity index (χ3n) is 2.95. The molecule has 0 radical (unpaired) electrons. The van der Waals surface area contributed by atoms with E-state index in [1.807, 2.05) is 30.3 Å². The van der Waals surface area contributed by atoms with Crippen LogP contribution in [0.2, 0.25) is 10.0 Å². The molecule has 1 nitrogen and oxygen atoms in total. The zero-order valence-electron chi connectivity index (χ0n) is 8.43.